The maximum Gasteiger partial charge on any atom is 0.00981 e. The molecule has 0 spiro atoms. The fraction of sp³-hybridized carbons (Fsp3) is 1.00. The molecule has 0 radical (unpaired) electrons. The Balaban J connectivity index is 2.37. The van der Waals surface area contributed by atoms with Gasteiger partial charge < -0.3 is 5.32 Å². The molecule has 0 aromatic rings. The van der Waals surface area contributed by atoms with Crippen molar-refractivity contribution in [2.24, 2.45) is 5.92 Å². The molecule has 1 aliphatic carbocycles. The third-order valence-electron chi connectivity index (χ3n) is 4.10. The Morgan fingerprint density at radius 2 is 1.78 bits per heavy atom. The predicted octanol–water partition coefficient (Wildman–Crippen LogP) is 3.67. The summed E-state index contributed by atoms with van der Waals surface area (Å²) >= 11 is 0. The van der Waals surface area contributed by atoms with E-state index in [0.29, 0.717) is 0 Å². The van der Waals surface area contributed by atoms with Gasteiger partial charge in [0.25, 0.3) is 0 Å². The van der Waals surface area contributed by atoms with Gasteiger partial charge in [-0.25, -0.2) is 0 Å². The minimum absolute atomic E-state index is 0.736. The van der Waals surface area contributed by atoms with Crippen LogP contribution in [0.25, 0.3) is 0 Å². The molecule has 1 unspecified atom stereocenters. The number of nitrogens with one attached hydrogen (secondary N) is 1. The van der Waals surface area contributed by atoms with Crippen molar-refractivity contribution in [2.45, 2.75) is 78.3 Å². The largest absolute Gasteiger partial charge is 0.317 e. The third-order valence-corrected chi connectivity index (χ3v) is 4.10. The summed E-state index contributed by atoms with van der Waals surface area (Å²) in [5.41, 5.74) is 0. The van der Waals surface area contributed by atoms with Crippen LogP contribution in [0.3, 0.4) is 0 Å². The summed E-state index contributed by atoms with van der Waals surface area (Å²) < 4.78 is 0. The minimum atomic E-state index is 0.736. The first-order valence-corrected chi connectivity index (χ1v) is 8.11. The molecule has 2 nitrogen and oxygen atoms in total. The average molecular weight is 254 g/mol. The summed E-state index contributed by atoms with van der Waals surface area (Å²) in [6.45, 7) is 13.0. The van der Waals surface area contributed by atoms with Gasteiger partial charge in [0.1, 0.15) is 0 Å². The van der Waals surface area contributed by atoms with Gasteiger partial charge in [-0.15, -0.1) is 0 Å². The smallest absolute Gasteiger partial charge is 0.00981 e. The Labute approximate surface area is 115 Å². The lowest BCUT2D eigenvalue weighted by atomic mass is 10.1. The van der Waals surface area contributed by atoms with E-state index in [-0.39, 0.29) is 0 Å². The van der Waals surface area contributed by atoms with E-state index in [1.54, 1.807) is 0 Å². The molecular formula is C16H34N2. The first-order valence-electron chi connectivity index (χ1n) is 8.11. The second kappa shape index (κ2) is 8.92. The summed E-state index contributed by atoms with van der Waals surface area (Å²) in [5, 5.41) is 3.54. The lowest BCUT2D eigenvalue weighted by Gasteiger charge is -2.36. The Bertz CT molecular complexity index is 197. The maximum absolute atomic E-state index is 3.54. The Morgan fingerprint density at radius 3 is 2.33 bits per heavy atom. The number of hydrogen-bond acceptors (Lipinski definition) is 2. The van der Waals surface area contributed by atoms with E-state index in [0.717, 1.165) is 18.0 Å². The van der Waals surface area contributed by atoms with E-state index in [4.69, 9.17) is 0 Å². The Hall–Kier alpha value is -0.0800. The highest BCUT2D eigenvalue weighted by Gasteiger charge is 2.26. The summed E-state index contributed by atoms with van der Waals surface area (Å²) in [5.74, 6) is 0.789. The number of rotatable bonds is 9. The molecule has 0 saturated heterocycles. The molecule has 108 valence electrons. The molecule has 1 saturated carbocycles. The zero-order chi connectivity index (χ0) is 13.4. The van der Waals surface area contributed by atoms with E-state index in [9.17, 15) is 0 Å². The molecule has 0 heterocycles. The maximum atomic E-state index is 3.54. The fourth-order valence-corrected chi connectivity index (χ4v) is 3.12. The molecule has 1 rings (SSSR count). The van der Waals surface area contributed by atoms with E-state index in [1.165, 1.54) is 58.2 Å². The van der Waals surface area contributed by atoms with Gasteiger partial charge in [0.2, 0.25) is 0 Å². The quantitative estimate of drug-likeness (QED) is 0.632. The topological polar surface area (TPSA) is 15.3 Å². The SMILES string of the molecule is CCCNCCC(C)N(CC(C)C)C1CCCC1. The summed E-state index contributed by atoms with van der Waals surface area (Å²) in [4.78, 5) is 2.80. The predicted molar refractivity (Wildman–Crippen MR) is 81.0 cm³/mol. The molecule has 0 bridgehead atoms. The Kier molecular flexibility index (Phi) is 7.92. The van der Waals surface area contributed by atoms with E-state index >= 15 is 0 Å². The van der Waals surface area contributed by atoms with Gasteiger partial charge in [-0.3, -0.25) is 4.90 Å². The van der Waals surface area contributed by atoms with Crippen LogP contribution in [0.2, 0.25) is 0 Å². The van der Waals surface area contributed by atoms with Gasteiger partial charge >= 0.3 is 0 Å². The molecule has 2 heteroatoms. The van der Waals surface area contributed by atoms with Gasteiger partial charge in [0, 0.05) is 18.6 Å². The first kappa shape index (κ1) is 16.0. The standard InChI is InChI=1S/C16H34N2/c1-5-11-17-12-10-15(4)18(13-14(2)3)16-8-6-7-9-16/h14-17H,5-13H2,1-4H3. The highest BCUT2D eigenvalue weighted by atomic mass is 15.2. The van der Waals surface area contributed by atoms with Gasteiger partial charge in [-0.05, 0) is 51.6 Å². The highest BCUT2D eigenvalue weighted by molar-refractivity contribution is 4.82. The zero-order valence-electron chi connectivity index (χ0n) is 13.0. The third kappa shape index (κ3) is 5.71. The summed E-state index contributed by atoms with van der Waals surface area (Å²) in [6.07, 6.45) is 8.29. The van der Waals surface area contributed by atoms with Crippen molar-refractivity contribution in [3.05, 3.63) is 0 Å². The van der Waals surface area contributed by atoms with Crippen molar-refractivity contribution in [2.75, 3.05) is 19.6 Å². The second-order valence-electron chi connectivity index (χ2n) is 6.42. The lowest BCUT2D eigenvalue weighted by Crippen LogP contribution is -2.43. The lowest BCUT2D eigenvalue weighted by molar-refractivity contribution is 0.121. The van der Waals surface area contributed by atoms with Gasteiger partial charge in [-0.2, -0.15) is 0 Å². The molecule has 0 aliphatic heterocycles. The van der Waals surface area contributed by atoms with Crippen LogP contribution < -0.4 is 5.32 Å². The van der Waals surface area contributed by atoms with Crippen molar-refractivity contribution in [1.29, 1.82) is 0 Å². The Morgan fingerprint density at radius 1 is 1.11 bits per heavy atom. The van der Waals surface area contributed by atoms with Crippen molar-refractivity contribution in [3.63, 3.8) is 0 Å². The average Bonchev–Trinajstić information content (AvgIpc) is 2.84. The molecule has 1 atom stereocenters. The summed E-state index contributed by atoms with van der Waals surface area (Å²) in [7, 11) is 0. The van der Waals surface area contributed by atoms with E-state index in [2.05, 4.69) is 37.9 Å². The highest BCUT2D eigenvalue weighted by Crippen LogP contribution is 2.26. The minimum Gasteiger partial charge on any atom is -0.317 e. The summed E-state index contributed by atoms with van der Waals surface area (Å²) in [6, 6.07) is 1.61. The second-order valence-corrected chi connectivity index (χ2v) is 6.42. The normalized spacial score (nSPS) is 19.0. The van der Waals surface area contributed by atoms with E-state index in [1.807, 2.05) is 0 Å². The number of hydrogen-bond donors (Lipinski definition) is 1. The molecule has 0 amide bonds. The fourth-order valence-electron chi connectivity index (χ4n) is 3.12. The van der Waals surface area contributed by atoms with Crippen LogP contribution in [-0.2, 0) is 0 Å². The molecule has 1 N–H and O–H groups in total. The first-order chi connectivity index (χ1) is 8.65. The molecule has 1 fully saturated rings. The van der Waals surface area contributed by atoms with Crippen LogP contribution in [0.5, 0.6) is 0 Å². The van der Waals surface area contributed by atoms with Crippen LogP contribution in [0, 0.1) is 5.92 Å². The van der Waals surface area contributed by atoms with Crippen LogP contribution in [0.4, 0.5) is 0 Å². The number of nitrogens with zero attached hydrogens (tertiary/aromatic N) is 1. The molecule has 1 aliphatic rings. The molecule has 0 aromatic carbocycles. The van der Waals surface area contributed by atoms with Crippen LogP contribution in [0.1, 0.15) is 66.2 Å². The zero-order valence-corrected chi connectivity index (χ0v) is 13.0. The van der Waals surface area contributed by atoms with Crippen molar-refractivity contribution in [1.82, 2.24) is 10.2 Å². The monoisotopic (exact) mass is 254 g/mol. The van der Waals surface area contributed by atoms with Gasteiger partial charge in [0.15, 0.2) is 0 Å². The molecule has 18 heavy (non-hydrogen) atoms. The molecular weight excluding hydrogens is 220 g/mol. The van der Waals surface area contributed by atoms with Crippen molar-refractivity contribution < 1.29 is 0 Å². The van der Waals surface area contributed by atoms with Crippen molar-refractivity contribution in [3.8, 4) is 0 Å². The van der Waals surface area contributed by atoms with Crippen molar-refractivity contribution >= 4 is 0 Å². The van der Waals surface area contributed by atoms with E-state index < -0.39 is 0 Å². The molecule has 0 aromatic heterocycles. The van der Waals surface area contributed by atoms with Crippen LogP contribution >= 0.6 is 0 Å². The van der Waals surface area contributed by atoms with Gasteiger partial charge in [-0.1, -0.05) is 33.6 Å². The van der Waals surface area contributed by atoms with Crippen LogP contribution in [0.15, 0.2) is 0 Å². The van der Waals surface area contributed by atoms with Gasteiger partial charge in [0.05, 0.1) is 0 Å². The van der Waals surface area contributed by atoms with Crippen LogP contribution in [-0.4, -0.2) is 36.6 Å².